The third-order valence-electron chi connectivity index (χ3n) is 3.81. The van der Waals surface area contributed by atoms with Crippen LogP contribution in [0.2, 0.25) is 0 Å². The van der Waals surface area contributed by atoms with Gasteiger partial charge in [-0.05, 0) is 19.1 Å². The van der Waals surface area contributed by atoms with Gasteiger partial charge in [0, 0.05) is 32.7 Å². The molecule has 0 amide bonds. The van der Waals surface area contributed by atoms with Gasteiger partial charge in [-0.1, -0.05) is 12.1 Å². The average Bonchev–Trinajstić information content (AvgIpc) is 2.47. The van der Waals surface area contributed by atoms with E-state index in [1.54, 1.807) is 0 Å². The molecule has 0 radical (unpaired) electrons. The largest absolute Gasteiger partial charge is 0.492 e. The van der Waals surface area contributed by atoms with Gasteiger partial charge in [0.2, 0.25) is 0 Å². The van der Waals surface area contributed by atoms with Crippen molar-refractivity contribution < 1.29 is 23.0 Å². The monoisotopic (exact) mass is 332 g/mol. The van der Waals surface area contributed by atoms with E-state index < -0.39 is 18.7 Å². The lowest BCUT2D eigenvalue weighted by atomic mass is 10.2. The summed E-state index contributed by atoms with van der Waals surface area (Å²) in [5, 5.41) is 9.54. The molecule has 0 saturated carbocycles. The Kier molecular flexibility index (Phi) is 6.12. The van der Waals surface area contributed by atoms with Gasteiger partial charge in [-0.3, -0.25) is 4.90 Å². The van der Waals surface area contributed by atoms with Crippen LogP contribution in [0.5, 0.6) is 5.75 Å². The van der Waals surface area contributed by atoms with Gasteiger partial charge in [-0.2, -0.15) is 13.2 Å². The zero-order valence-electron chi connectivity index (χ0n) is 13.2. The maximum Gasteiger partial charge on any atom is 0.391 e. The summed E-state index contributed by atoms with van der Waals surface area (Å²) < 4.78 is 42.4. The highest BCUT2D eigenvalue weighted by atomic mass is 19.4. The van der Waals surface area contributed by atoms with Crippen molar-refractivity contribution in [3.63, 3.8) is 0 Å². The Morgan fingerprint density at radius 3 is 2.43 bits per heavy atom. The molecule has 1 aromatic carbocycles. The van der Waals surface area contributed by atoms with Gasteiger partial charge in [0.1, 0.15) is 5.75 Å². The fraction of sp³-hybridized carbons (Fsp3) is 0.625. The Morgan fingerprint density at radius 1 is 1.17 bits per heavy atom. The van der Waals surface area contributed by atoms with Crippen molar-refractivity contribution in [3.8, 4) is 5.75 Å². The summed E-state index contributed by atoms with van der Waals surface area (Å²) in [6.07, 6.45) is -6.84. The number of anilines is 1. The first-order chi connectivity index (χ1) is 10.9. The predicted molar refractivity (Wildman–Crippen MR) is 82.9 cm³/mol. The standard InChI is InChI=1S/C16H23F3N2O2/c1-2-23-15-6-4-3-5-14(15)21-9-7-20(8-10-21)12-13(22)11-16(17,18)19/h3-6,13,22H,2,7-12H2,1H3. The third-order valence-corrected chi connectivity index (χ3v) is 3.81. The highest BCUT2D eigenvalue weighted by Crippen LogP contribution is 2.29. The van der Waals surface area contributed by atoms with Crippen LogP contribution in [-0.2, 0) is 0 Å². The number of nitrogens with zero attached hydrogens (tertiary/aromatic N) is 2. The summed E-state index contributed by atoms with van der Waals surface area (Å²) in [7, 11) is 0. The minimum Gasteiger partial charge on any atom is -0.492 e. The quantitative estimate of drug-likeness (QED) is 0.868. The Hall–Kier alpha value is -1.47. The average molecular weight is 332 g/mol. The Morgan fingerprint density at radius 2 is 1.83 bits per heavy atom. The summed E-state index contributed by atoms with van der Waals surface area (Å²) >= 11 is 0. The zero-order valence-corrected chi connectivity index (χ0v) is 13.2. The summed E-state index contributed by atoms with van der Waals surface area (Å²) in [5.74, 6) is 0.820. The number of ether oxygens (including phenoxy) is 1. The Balaban J connectivity index is 1.87. The number of hydrogen-bond acceptors (Lipinski definition) is 4. The SMILES string of the molecule is CCOc1ccccc1N1CCN(CC(O)CC(F)(F)F)CC1. The second-order valence-corrected chi connectivity index (χ2v) is 5.66. The lowest BCUT2D eigenvalue weighted by Crippen LogP contribution is -2.49. The van der Waals surface area contributed by atoms with Crippen LogP contribution >= 0.6 is 0 Å². The van der Waals surface area contributed by atoms with Gasteiger partial charge in [-0.25, -0.2) is 0 Å². The van der Waals surface area contributed by atoms with E-state index in [1.807, 2.05) is 36.1 Å². The molecule has 2 rings (SSSR count). The van der Waals surface area contributed by atoms with Gasteiger partial charge in [-0.15, -0.1) is 0 Å². The van der Waals surface area contributed by atoms with E-state index in [4.69, 9.17) is 4.74 Å². The molecule has 1 unspecified atom stereocenters. The Bertz CT molecular complexity index is 488. The molecule has 4 nitrogen and oxygen atoms in total. The van der Waals surface area contributed by atoms with Crippen LogP contribution in [0, 0.1) is 0 Å². The van der Waals surface area contributed by atoms with Crippen LogP contribution in [0.25, 0.3) is 0 Å². The van der Waals surface area contributed by atoms with Crippen LogP contribution in [0.4, 0.5) is 18.9 Å². The molecule has 0 bridgehead atoms. The summed E-state index contributed by atoms with van der Waals surface area (Å²) in [6, 6.07) is 7.76. The number of aliphatic hydroxyl groups is 1. The normalized spacial score (nSPS) is 18.0. The molecule has 1 aliphatic rings. The molecule has 1 saturated heterocycles. The van der Waals surface area contributed by atoms with E-state index >= 15 is 0 Å². The molecule has 0 aromatic heterocycles. The maximum absolute atomic E-state index is 12.3. The first-order valence-electron chi connectivity index (χ1n) is 7.83. The van der Waals surface area contributed by atoms with Gasteiger partial charge in [0.25, 0.3) is 0 Å². The molecule has 23 heavy (non-hydrogen) atoms. The number of piperazine rings is 1. The molecular weight excluding hydrogens is 309 g/mol. The van der Waals surface area contributed by atoms with Crippen molar-refractivity contribution in [2.75, 3.05) is 44.2 Å². The first kappa shape index (κ1) is 17.9. The molecular formula is C16H23F3N2O2. The van der Waals surface area contributed by atoms with Crippen molar-refractivity contribution in [2.24, 2.45) is 0 Å². The lowest BCUT2D eigenvalue weighted by molar-refractivity contribution is -0.155. The molecule has 1 aromatic rings. The summed E-state index contributed by atoms with van der Waals surface area (Å²) in [5.41, 5.74) is 1.00. The summed E-state index contributed by atoms with van der Waals surface area (Å²) in [6.45, 7) is 5.20. The van der Waals surface area contributed by atoms with Crippen LogP contribution < -0.4 is 9.64 Å². The zero-order chi connectivity index (χ0) is 16.9. The smallest absolute Gasteiger partial charge is 0.391 e. The van der Waals surface area contributed by atoms with Crippen LogP contribution in [0.15, 0.2) is 24.3 Å². The number of rotatable bonds is 6. The number of halogens is 3. The molecule has 1 heterocycles. The van der Waals surface area contributed by atoms with E-state index in [1.165, 1.54) is 0 Å². The number of hydrogen-bond donors (Lipinski definition) is 1. The second-order valence-electron chi connectivity index (χ2n) is 5.66. The van der Waals surface area contributed by atoms with Crippen LogP contribution in [0.3, 0.4) is 0 Å². The van der Waals surface area contributed by atoms with Gasteiger partial charge >= 0.3 is 6.18 Å². The maximum atomic E-state index is 12.3. The van der Waals surface area contributed by atoms with Crippen LogP contribution in [-0.4, -0.2) is 61.6 Å². The van der Waals surface area contributed by atoms with E-state index in [-0.39, 0.29) is 6.54 Å². The number of aliphatic hydroxyl groups excluding tert-OH is 1. The van der Waals surface area contributed by atoms with Crippen molar-refractivity contribution >= 4 is 5.69 Å². The molecule has 1 fully saturated rings. The fourth-order valence-electron chi connectivity index (χ4n) is 2.80. The molecule has 0 aliphatic carbocycles. The topological polar surface area (TPSA) is 35.9 Å². The van der Waals surface area contributed by atoms with Gasteiger partial charge in [0.15, 0.2) is 0 Å². The highest BCUT2D eigenvalue weighted by Gasteiger charge is 2.32. The molecule has 130 valence electrons. The number of alkyl halides is 3. The number of benzene rings is 1. The van der Waals surface area contributed by atoms with Crippen molar-refractivity contribution in [2.45, 2.75) is 25.6 Å². The number of β-amino-alcohol motifs (C(OH)–C–C–N with tert-alkyl or cyclic N) is 1. The highest BCUT2D eigenvalue weighted by molar-refractivity contribution is 5.58. The van der Waals surface area contributed by atoms with Crippen molar-refractivity contribution in [1.82, 2.24) is 4.90 Å². The molecule has 1 atom stereocenters. The molecule has 1 N–H and O–H groups in total. The van der Waals surface area contributed by atoms with E-state index in [9.17, 15) is 18.3 Å². The first-order valence-corrected chi connectivity index (χ1v) is 7.83. The lowest BCUT2D eigenvalue weighted by Gasteiger charge is -2.37. The van der Waals surface area contributed by atoms with E-state index in [2.05, 4.69) is 4.90 Å². The number of para-hydroxylation sites is 2. The molecule has 7 heteroatoms. The molecule has 0 spiro atoms. The Labute approximate surface area is 134 Å². The predicted octanol–water partition coefficient (Wildman–Crippen LogP) is 2.52. The summed E-state index contributed by atoms with van der Waals surface area (Å²) in [4.78, 5) is 4.04. The minimum atomic E-state index is -4.32. The van der Waals surface area contributed by atoms with Gasteiger partial charge < -0.3 is 14.7 Å². The van der Waals surface area contributed by atoms with E-state index in [0.717, 1.165) is 11.4 Å². The second kappa shape index (κ2) is 7.88. The third kappa shape index (κ3) is 5.58. The van der Waals surface area contributed by atoms with E-state index in [0.29, 0.717) is 32.8 Å². The van der Waals surface area contributed by atoms with Gasteiger partial charge in [0.05, 0.1) is 24.8 Å². The fourth-order valence-corrected chi connectivity index (χ4v) is 2.80. The molecule has 1 aliphatic heterocycles. The van der Waals surface area contributed by atoms with Crippen LogP contribution in [0.1, 0.15) is 13.3 Å². The van der Waals surface area contributed by atoms with Crippen molar-refractivity contribution in [3.05, 3.63) is 24.3 Å². The minimum absolute atomic E-state index is 0.0560. The van der Waals surface area contributed by atoms with Crippen molar-refractivity contribution in [1.29, 1.82) is 0 Å².